The Bertz CT molecular complexity index is 922. The van der Waals surface area contributed by atoms with Gasteiger partial charge in [-0.25, -0.2) is 0 Å². The van der Waals surface area contributed by atoms with Crippen LogP contribution >= 0.6 is 0 Å². The number of rotatable bonds is 3. The minimum Gasteiger partial charge on any atom is -0.632 e. The molecule has 0 aliphatic carbocycles. The average Bonchev–Trinajstić information content (AvgIpc) is 2.75. The molecule has 152 valence electrons. The Morgan fingerprint density at radius 1 is 1.03 bits per heavy atom. The molecule has 0 saturated carbocycles. The van der Waals surface area contributed by atoms with Crippen LogP contribution in [0.2, 0.25) is 0 Å². The summed E-state index contributed by atoms with van der Waals surface area (Å²) in [7, 11) is 0. The van der Waals surface area contributed by atoms with Gasteiger partial charge in [0.15, 0.2) is 0 Å². The highest BCUT2D eigenvalue weighted by Crippen LogP contribution is 2.51. The minimum absolute atomic E-state index is 0.0911. The van der Waals surface area contributed by atoms with E-state index in [2.05, 4.69) is 67.4 Å². The number of hydroxylamine groups is 3. The molecule has 1 fully saturated rings. The third-order valence-electron chi connectivity index (χ3n) is 7.75. The van der Waals surface area contributed by atoms with E-state index >= 15 is 0 Å². The fourth-order valence-electron chi connectivity index (χ4n) is 6.26. The maximum Gasteiger partial charge on any atom is 0.136 e. The third-order valence-corrected chi connectivity index (χ3v) is 7.75. The molecule has 0 amide bonds. The summed E-state index contributed by atoms with van der Waals surface area (Å²) in [4.78, 5) is 0. The summed E-state index contributed by atoms with van der Waals surface area (Å²) in [6.07, 6.45) is 4.09. The first kappa shape index (κ1) is 19.0. The number of benzene rings is 2. The lowest BCUT2D eigenvalue weighted by atomic mass is 9.69. The van der Waals surface area contributed by atoms with Crippen molar-refractivity contribution in [3.63, 3.8) is 0 Å². The molecule has 0 radical (unpaired) electrons. The van der Waals surface area contributed by atoms with Gasteiger partial charge in [-0.3, -0.25) is 0 Å². The molecule has 0 bridgehead atoms. The van der Waals surface area contributed by atoms with Gasteiger partial charge in [0.2, 0.25) is 0 Å². The lowest BCUT2D eigenvalue weighted by Crippen LogP contribution is -2.58. The van der Waals surface area contributed by atoms with E-state index in [1.807, 2.05) is 0 Å². The van der Waals surface area contributed by atoms with Crippen LogP contribution in [-0.2, 0) is 12.8 Å². The average molecular weight is 389 g/mol. The molecule has 3 aliphatic heterocycles. The molecule has 3 heterocycles. The first-order valence-electron chi connectivity index (χ1n) is 11.3. The van der Waals surface area contributed by atoms with E-state index in [9.17, 15) is 5.21 Å². The van der Waals surface area contributed by atoms with Crippen molar-refractivity contribution < 1.29 is 4.65 Å². The predicted octanol–water partition coefficient (Wildman–Crippen LogP) is 5.09. The molecule has 29 heavy (non-hydrogen) atoms. The Balaban J connectivity index is 1.49. The quantitative estimate of drug-likeness (QED) is 0.452. The number of piperidine rings is 1. The van der Waals surface area contributed by atoms with Gasteiger partial charge >= 0.3 is 0 Å². The van der Waals surface area contributed by atoms with Crippen LogP contribution in [-0.4, -0.2) is 24.3 Å². The third kappa shape index (κ3) is 3.16. The van der Waals surface area contributed by atoms with E-state index < -0.39 is 0 Å². The van der Waals surface area contributed by atoms with Gasteiger partial charge in [-0.15, -0.1) is 0 Å². The second-order valence-electron chi connectivity index (χ2n) is 9.25. The molecular formula is C26H32N2O. The summed E-state index contributed by atoms with van der Waals surface area (Å²) >= 11 is 0. The van der Waals surface area contributed by atoms with Gasteiger partial charge in [0.05, 0.1) is 13.1 Å². The Kier molecular flexibility index (Phi) is 4.85. The highest BCUT2D eigenvalue weighted by molar-refractivity contribution is 5.38. The van der Waals surface area contributed by atoms with Crippen LogP contribution in [0, 0.1) is 17.0 Å². The van der Waals surface area contributed by atoms with Gasteiger partial charge in [-0.1, -0.05) is 62.0 Å². The first-order chi connectivity index (χ1) is 14.1. The van der Waals surface area contributed by atoms with Crippen molar-refractivity contribution >= 4 is 0 Å². The lowest BCUT2D eigenvalue weighted by Gasteiger charge is -2.59. The number of nitrogens with zero attached hydrogens (tertiary/aromatic N) is 1. The zero-order chi connectivity index (χ0) is 20.0. The number of quaternary nitrogens is 1. The van der Waals surface area contributed by atoms with E-state index in [-0.39, 0.29) is 10.7 Å². The SMILES string of the molecule is C=C1[C@H](C[C@H]2NCCc3ccccc32)[C@@H](CC)C[N+]2([O-])CCc3ccccc3[C@H]12. The summed E-state index contributed by atoms with van der Waals surface area (Å²) in [5.41, 5.74) is 6.67. The zero-order valence-corrected chi connectivity index (χ0v) is 17.4. The van der Waals surface area contributed by atoms with Gasteiger partial charge in [-0.2, -0.15) is 0 Å². The molecule has 2 aromatic carbocycles. The van der Waals surface area contributed by atoms with Crippen molar-refractivity contribution in [2.24, 2.45) is 11.8 Å². The molecule has 3 aliphatic rings. The second kappa shape index (κ2) is 7.39. The van der Waals surface area contributed by atoms with Crippen LogP contribution in [0.4, 0.5) is 0 Å². The summed E-state index contributed by atoms with van der Waals surface area (Å²) in [5, 5.41) is 17.7. The molecule has 2 aromatic rings. The van der Waals surface area contributed by atoms with Crippen molar-refractivity contribution in [1.82, 2.24) is 5.32 Å². The van der Waals surface area contributed by atoms with E-state index in [0.29, 0.717) is 24.4 Å². The van der Waals surface area contributed by atoms with Crippen LogP contribution in [0.15, 0.2) is 60.7 Å². The van der Waals surface area contributed by atoms with E-state index in [1.54, 1.807) is 0 Å². The normalized spacial score (nSPS) is 33.5. The number of fused-ring (bicyclic) bond motifs is 4. The summed E-state index contributed by atoms with van der Waals surface area (Å²) in [6.45, 7) is 9.30. The van der Waals surface area contributed by atoms with Gasteiger partial charge in [0.25, 0.3) is 0 Å². The standard InChI is InChI=1S/C26H32N2O/c1-3-19-17-28(29)15-13-21-9-5-7-11-23(21)26(28)18(2)24(19)16-25-22-10-6-4-8-20(22)12-14-27-25/h4-11,19,24-27H,2-3,12-17H2,1H3/t19-,24-,25+,26-,28?/m0/s1. The Morgan fingerprint density at radius 3 is 2.48 bits per heavy atom. The van der Waals surface area contributed by atoms with Crippen molar-refractivity contribution in [1.29, 1.82) is 0 Å². The number of hydrogen-bond acceptors (Lipinski definition) is 2. The molecule has 3 nitrogen and oxygen atoms in total. The Morgan fingerprint density at radius 2 is 1.72 bits per heavy atom. The molecular weight excluding hydrogens is 356 g/mol. The van der Waals surface area contributed by atoms with Crippen molar-refractivity contribution in [2.45, 2.75) is 44.7 Å². The van der Waals surface area contributed by atoms with E-state index in [4.69, 9.17) is 0 Å². The first-order valence-corrected chi connectivity index (χ1v) is 11.3. The van der Waals surface area contributed by atoms with Gasteiger partial charge in [-0.05, 0) is 54.0 Å². The Hall–Kier alpha value is -1.94. The van der Waals surface area contributed by atoms with Crippen LogP contribution in [0.1, 0.15) is 54.1 Å². The van der Waals surface area contributed by atoms with Crippen molar-refractivity contribution in [2.75, 3.05) is 19.6 Å². The highest BCUT2D eigenvalue weighted by Gasteiger charge is 2.48. The molecule has 5 rings (SSSR count). The van der Waals surface area contributed by atoms with E-state index in [0.717, 1.165) is 38.8 Å². The fraction of sp³-hybridized carbons (Fsp3) is 0.462. The molecule has 3 heteroatoms. The number of hydrogen-bond donors (Lipinski definition) is 1. The Labute approximate surface area is 174 Å². The van der Waals surface area contributed by atoms with Crippen LogP contribution in [0.25, 0.3) is 0 Å². The summed E-state index contributed by atoms with van der Waals surface area (Å²) < 4.78 is -0.0977. The van der Waals surface area contributed by atoms with Crippen LogP contribution in [0.3, 0.4) is 0 Å². The van der Waals surface area contributed by atoms with Crippen LogP contribution in [0.5, 0.6) is 0 Å². The lowest BCUT2D eigenvalue weighted by molar-refractivity contribution is -0.916. The molecule has 0 spiro atoms. The maximum atomic E-state index is 13.9. The number of nitrogens with one attached hydrogen (secondary N) is 1. The molecule has 0 aromatic heterocycles. The molecule has 1 unspecified atom stereocenters. The fourth-order valence-corrected chi connectivity index (χ4v) is 6.26. The minimum atomic E-state index is -0.0977. The van der Waals surface area contributed by atoms with E-state index in [1.165, 1.54) is 27.8 Å². The highest BCUT2D eigenvalue weighted by atomic mass is 16.5. The zero-order valence-electron chi connectivity index (χ0n) is 17.4. The second-order valence-corrected chi connectivity index (χ2v) is 9.25. The van der Waals surface area contributed by atoms with Crippen molar-refractivity contribution in [3.8, 4) is 0 Å². The maximum absolute atomic E-state index is 13.9. The topological polar surface area (TPSA) is 35.1 Å². The largest absolute Gasteiger partial charge is 0.632 e. The summed E-state index contributed by atoms with van der Waals surface area (Å²) in [5.74, 6) is 0.803. The van der Waals surface area contributed by atoms with Crippen LogP contribution < -0.4 is 5.32 Å². The van der Waals surface area contributed by atoms with Crippen molar-refractivity contribution in [3.05, 3.63) is 88.1 Å². The smallest absolute Gasteiger partial charge is 0.136 e. The molecule has 5 atom stereocenters. The molecule has 1 saturated heterocycles. The summed E-state index contributed by atoms with van der Waals surface area (Å²) in [6, 6.07) is 17.7. The van der Waals surface area contributed by atoms with Gasteiger partial charge in [0, 0.05) is 23.9 Å². The predicted molar refractivity (Wildman–Crippen MR) is 118 cm³/mol. The van der Waals surface area contributed by atoms with Gasteiger partial charge < -0.3 is 15.2 Å². The monoisotopic (exact) mass is 388 g/mol. The van der Waals surface area contributed by atoms with Gasteiger partial charge in [0.1, 0.15) is 6.04 Å². The molecule has 1 N–H and O–H groups in total.